The molecule has 20 heavy (non-hydrogen) atoms. The van der Waals surface area contributed by atoms with E-state index in [0.717, 1.165) is 24.5 Å². The molecule has 1 saturated carbocycles. The Hall–Kier alpha value is -1.75. The Labute approximate surface area is 118 Å². The van der Waals surface area contributed by atoms with E-state index >= 15 is 0 Å². The molecular weight excluding hydrogens is 256 g/mol. The number of likely N-dealkylation sites (N-methyl/N-ethyl adjacent to an activating group) is 1. The van der Waals surface area contributed by atoms with Gasteiger partial charge in [0.1, 0.15) is 13.2 Å². The molecule has 2 aliphatic rings. The number of rotatable bonds is 5. The lowest BCUT2D eigenvalue weighted by Crippen LogP contribution is -2.31. The van der Waals surface area contributed by atoms with E-state index < -0.39 is 0 Å². The quantitative estimate of drug-likeness (QED) is 0.784. The minimum atomic E-state index is 0.106. The highest BCUT2D eigenvalue weighted by molar-refractivity contribution is 5.83. The van der Waals surface area contributed by atoms with Gasteiger partial charge in [0.15, 0.2) is 11.5 Å². The van der Waals surface area contributed by atoms with Crippen LogP contribution in [0.5, 0.6) is 11.5 Å². The molecule has 0 spiro atoms. The van der Waals surface area contributed by atoms with Crippen LogP contribution in [0.4, 0.5) is 0 Å². The number of hydrogen-bond acceptors (Lipinski definition) is 4. The minimum Gasteiger partial charge on any atom is -0.486 e. The van der Waals surface area contributed by atoms with Crippen LogP contribution in [0.25, 0.3) is 0 Å². The molecule has 1 aromatic rings. The first-order valence-electron chi connectivity index (χ1n) is 7.11. The van der Waals surface area contributed by atoms with Crippen molar-refractivity contribution >= 4 is 5.91 Å². The van der Waals surface area contributed by atoms with Gasteiger partial charge in [-0.2, -0.15) is 0 Å². The monoisotopic (exact) mass is 276 g/mol. The zero-order valence-electron chi connectivity index (χ0n) is 11.6. The van der Waals surface area contributed by atoms with Crippen LogP contribution in [-0.4, -0.2) is 39.3 Å². The Morgan fingerprint density at radius 3 is 2.85 bits per heavy atom. The van der Waals surface area contributed by atoms with Crippen molar-refractivity contribution in [3.63, 3.8) is 0 Å². The summed E-state index contributed by atoms with van der Waals surface area (Å²) >= 11 is 0. The van der Waals surface area contributed by atoms with Gasteiger partial charge >= 0.3 is 0 Å². The van der Waals surface area contributed by atoms with Crippen molar-refractivity contribution in [1.82, 2.24) is 10.6 Å². The molecule has 5 nitrogen and oxygen atoms in total. The molecule has 1 aliphatic heterocycles. The van der Waals surface area contributed by atoms with Gasteiger partial charge in [-0.25, -0.2) is 0 Å². The van der Waals surface area contributed by atoms with E-state index in [-0.39, 0.29) is 11.8 Å². The number of fused-ring (bicyclic) bond motifs is 1. The highest BCUT2D eigenvalue weighted by Gasteiger charge is 2.44. The third kappa shape index (κ3) is 2.72. The molecule has 2 unspecified atom stereocenters. The first-order valence-corrected chi connectivity index (χ1v) is 7.11. The molecule has 2 N–H and O–H groups in total. The summed E-state index contributed by atoms with van der Waals surface area (Å²) in [6.45, 7) is 2.67. The zero-order chi connectivity index (χ0) is 13.9. The van der Waals surface area contributed by atoms with Gasteiger partial charge in [-0.3, -0.25) is 4.79 Å². The van der Waals surface area contributed by atoms with E-state index in [0.29, 0.717) is 25.7 Å². The molecule has 1 aromatic carbocycles. The summed E-state index contributed by atoms with van der Waals surface area (Å²) in [7, 11) is 1.88. The van der Waals surface area contributed by atoms with Crippen LogP contribution in [0, 0.1) is 5.92 Å². The smallest absolute Gasteiger partial charge is 0.223 e. The average molecular weight is 276 g/mol. The zero-order valence-corrected chi connectivity index (χ0v) is 11.6. The second-order valence-electron chi connectivity index (χ2n) is 5.25. The largest absolute Gasteiger partial charge is 0.486 e. The summed E-state index contributed by atoms with van der Waals surface area (Å²) < 4.78 is 11.1. The average Bonchev–Trinajstić information content (AvgIpc) is 3.27. The van der Waals surface area contributed by atoms with E-state index in [1.54, 1.807) is 0 Å². The van der Waals surface area contributed by atoms with Crippen LogP contribution < -0.4 is 20.1 Å². The first-order chi connectivity index (χ1) is 9.79. The molecule has 5 heteroatoms. The Morgan fingerprint density at radius 2 is 2.05 bits per heavy atom. The van der Waals surface area contributed by atoms with E-state index in [1.807, 2.05) is 25.2 Å². The van der Waals surface area contributed by atoms with Gasteiger partial charge in [0.2, 0.25) is 5.91 Å². The van der Waals surface area contributed by atoms with E-state index in [9.17, 15) is 4.79 Å². The van der Waals surface area contributed by atoms with Gasteiger partial charge < -0.3 is 20.1 Å². The maximum atomic E-state index is 12.0. The number of carbonyl (C=O) groups is 1. The second-order valence-corrected chi connectivity index (χ2v) is 5.25. The standard InChI is InChI=1S/C15H20N2O3/c1-16-4-5-17-15(18)12-9-11(12)10-2-3-13-14(8-10)20-7-6-19-13/h2-3,8,11-12,16H,4-7,9H2,1H3,(H,17,18). The number of amides is 1. The van der Waals surface area contributed by atoms with Crippen LogP contribution in [0.1, 0.15) is 17.9 Å². The molecule has 0 radical (unpaired) electrons. The van der Waals surface area contributed by atoms with Crippen LogP contribution in [0.3, 0.4) is 0 Å². The molecule has 3 rings (SSSR count). The number of carbonyl (C=O) groups excluding carboxylic acids is 1. The number of hydrogen-bond donors (Lipinski definition) is 2. The third-order valence-electron chi connectivity index (χ3n) is 3.80. The van der Waals surface area contributed by atoms with Crippen molar-refractivity contribution in [3.05, 3.63) is 23.8 Å². The van der Waals surface area contributed by atoms with Crippen molar-refractivity contribution in [2.75, 3.05) is 33.4 Å². The van der Waals surface area contributed by atoms with Crippen molar-refractivity contribution in [3.8, 4) is 11.5 Å². The Bertz CT molecular complexity index is 504. The Balaban J connectivity index is 1.60. The molecule has 1 fully saturated rings. The molecule has 1 amide bonds. The number of ether oxygens (including phenoxy) is 2. The lowest BCUT2D eigenvalue weighted by molar-refractivity contribution is -0.122. The topological polar surface area (TPSA) is 59.6 Å². The molecule has 1 heterocycles. The maximum absolute atomic E-state index is 12.0. The molecule has 108 valence electrons. The SMILES string of the molecule is CNCCNC(=O)C1CC1c1ccc2c(c1)OCCO2. The minimum absolute atomic E-state index is 0.106. The number of benzene rings is 1. The summed E-state index contributed by atoms with van der Waals surface area (Å²) in [6, 6.07) is 6.00. The Morgan fingerprint density at radius 1 is 1.25 bits per heavy atom. The predicted molar refractivity (Wildman–Crippen MR) is 75.2 cm³/mol. The van der Waals surface area contributed by atoms with Crippen LogP contribution in [0.2, 0.25) is 0 Å². The lowest BCUT2D eigenvalue weighted by atomic mass is 10.1. The molecule has 0 aromatic heterocycles. The summed E-state index contributed by atoms with van der Waals surface area (Å²) in [6.07, 6.45) is 0.922. The molecule has 1 aliphatic carbocycles. The summed E-state index contributed by atoms with van der Waals surface area (Å²) in [4.78, 5) is 12.0. The van der Waals surface area contributed by atoms with Gasteiger partial charge in [-0.1, -0.05) is 6.07 Å². The second kappa shape index (κ2) is 5.71. The van der Waals surface area contributed by atoms with Crippen molar-refractivity contribution in [1.29, 1.82) is 0 Å². The highest BCUT2D eigenvalue weighted by atomic mass is 16.6. The fourth-order valence-corrected chi connectivity index (χ4v) is 2.59. The van der Waals surface area contributed by atoms with E-state index in [4.69, 9.17) is 9.47 Å². The molecule has 0 bridgehead atoms. The van der Waals surface area contributed by atoms with Crippen LogP contribution >= 0.6 is 0 Å². The summed E-state index contributed by atoms with van der Waals surface area (Å²) in [5.74, 6) is 2.18. The van der Waals surface area contributed by atoms with E-state index in [1.165, 1.54) is 5.56 Å². The Kier molecular flexibility index (Phi) is 3.78. The fourth-order valence-electron chi connectivity index (χ4n) is 2.59. The van der Waals surface area contributed by atoms with Crippen molar-refractivity contribution in [2.45, 2.75) is 12.3 Å². The van der Waals surface area contributed by atoms with Gasteiger partial charge in [0, 0.05) is 19.0 Å². The van der Waals surface area contributed by atoms with Gasteiger partial charge in [0.05, 0.1) is 0 Å². The summed E-state index contributed by atoms with van der Waals surface area (Å²) in [5, 5.41) is 5.96. The van der Waals surface area contributed by atoms with Crippen molar-refractivity contribution < 1.29 is 14.3 Å². The molecule has 2 atom stereocenters. The summed E-state index contributed by atoms with van der Waals surface area (Å²) in [5.41, 5.74) is 1.17. The first kappa shape index (κ1) is 13.2. The van der Waals surface area contributed by atoms with Gasteiger partial charge in [-0.15, -0.1) is 0 Å². The molecular formula is C15H20N2O3. The fraction of sp³-hybridized carbons (Fsp3) is 0.533. The van der Waals surface area contributed by atoms with Crippen LogP contribution in [0.15, 0.2) is 18.2 Å². The van der Waals surface area contributed by atoms with Gasteiger partial charge in [-0.05, 0) is 37.1 Å². The van der Waals surface area contributed by atoms with E-state index in [2.05, 4.69) is 10.6 Å². The number of nitrogens with one attached hydrogen (secondary N) is 2. The predicted octanol–water partition coefficient (Wildman–Crippen LogP) is 0.897. The maximum Gasteiger partial charge on any atom is 0.223 e. The van der Waals surface area contributed by atoms with Gasteiger partial charge in [0.25, 0.3) is 0 Å². The van der Waals surface area contributed by atoms with Crippen LogP contribution in [-0.2, 0) is 4.79 Å². The van der Waals surface area contributed by atoms with Crippen molar-refractivity contribution in [2.24, 2.45) is 5.92 Å². The molecule has 0 saturated heterocycles. The lowest BCUT2D eigenvalue weighted by Gasteiger charge is -2.18. The highest BCUT2D eigenvalue weighted by Crippen LogP contribution is 2.49. The third-order valence-corrected chi connectivity index (χ3v) is 3.80. The normalized spacial score (nSPS) is 23.2.